The van der Waals surface area contributed by atoms with E-state index in [0.717, 1.165) is 18.2 Å². The van der Waals surface area contributed by atoms with E-state index >= 15 is 0 Å². The maximum absolute atomic E-state index is 13.6. The van der Waals surface area contributed by atoms with Gasteiger partial charge in [0.25, 0.3) is 0 Å². The number of imidazole rings is 1. The summed E-state index contributed by atoms with van der Waals surface area (Å²) >= 11 is 0. The van der Waals surface area contributed by atoms with Crippen LogP contribution in [-0.4, -0.2) is 9.38 Å². The lowest BCUT2D eigenvalue weighted by Gasteiger charge is -2.13. The number of alkyl halides is 3. The van der Waals surface area contributed by atoms with Crippen molar-refractivity contribution in [3.05, 3.63) is 65.5 Å². The average molecular weight is 328 g/mol. The molecule has 0 amide bonds. The molecule has 0 aliphatic carbocycles. The number of fused-ring (bicyclic) bond motifs is 1. The van der Waals surface area contributed by atoms with E-state index in [-0.39, 0.29) is 23.7 Å². The third-order valence-electron chi connectivity index (χ3n) is 3.19. The minimum Gasteiger partial charge on any atom is -0.474 e. The summed E-state index contributed by atoms with van der Waals surface area (Å²) in [5, 5.41) is 0. The standard InChI is InChI=1S/C15H9F5N2O/c16-11-2-1-9(12(17)7-11)8-23-14-6-10(15(18,19)20)5-13-21-3-4-22(13)14/h1-7H,8H2. The second-order valence-corrected chi connectivity index (χ2v) is 4.76. The van der Waals surface area contributed by atoms with Gasteiger partial charge in [0.1, 0.15) is 23.9 Å². The largest absolute Gasteiger partial charge is 0.474 e. The zero-order valence-corrected chi connectivity index (χ0v) is 11.4. The van der Waals surface area contributed by atoms with Gasteiger partial charge in [-0.2, -0.15) is 13.2 Å². The summed E-state index contributed by atoms with van der Waals surface area (Å²) in [5.41, 5.74) is -0.850. The SMILES string of the molecule is Fc1ccc(COc2cc(C(F)(F)F)cc3nccn23)c(F)c1. The number of aromatic nitrogens is 2. The lowest BCUT2D eigenvalue weighted by Crippen LogP contribution is -2.08. The van der Waals surface area contributed by atoms with Crippen molar-refractivity contribution < 1.29 is 26.7 Å². The highest BCUT2D eigenvalue weighted by Crippen LogP contribution is 2.32. The second kappa shape index (κ2) is 5.53. The molecule has 23 heavy (non-hydrogen) atoms. The van der Waals surface area contributed by atoms with Gasteiger partial charge in [-0.3, -0.25) is 4.40 Å². The molecule has 0 saturated carbocycles. The van der Waals surface area contributed by atoms with E-state index in [0.29, 0.717) is 6.07 Å². The zero-order valence-electron chi connectivity index (χ0n) is 11.4. The van der Waals surface area contributed by atoms with E-state index in [1.54, 1.807) is 0 Å². The highest BCUT2D eigenvalue weighted by atomic mass is 19.4. The number of rotatable bonds is 3. The van der Waals surface area contributed by atoms with E-state index < -0.39 is 23.4 Å². The van der Waals surface area contributed by atoms with Gasteiger partial charge in [-0.1, -0.05) is 0 Å². The van der Waals surface area contributed by atoms with Crippen LogP contribution in [0.15, 0.2) is 42.7 Å². The molecular weight excluding hydrogens is 319 g/mol. The summed E-state index contributed by atoms with van der Waals surface area (Å²) in [6.45, 7) is -0.347. The first-order valence-electron chi connectivity index (χ1n) is 6.45. The Labute approximate surface area is 126 Å². The van der Waals surface area contributed by atoms with Crippen molar-refractivity contribution in [1.82, 2.24) is 9.38 Å². The summed E-state index contributed by atoms with van der Waals surface area (Å²) < 4.78 is 71.6. The summed E-state index contributed by atoms with van der Waals surface area (Å²) in [6.07, 6.45) is -1.82. The van der Waals surface area contributed by atoms with Gasteiger partial charge in [0.05, 0.1) is 5.56 Å². The summed E-state index contributed by atoms with van der Waals surface area (Å²) in [4.78, 5) is 3.80. The molecule has 1 aromatic carbocycles. The Morgan fingerprint density at radius 3 is 2.57 bits per heavy atom. The van der Waals surface area contributed by atoms with Crippen LogP contribution in [0.2, 0.25) is 0 Å². The van der Waals surface area contributed by atoms with Crippen molar-refractivity contribution in [2.75, 3.05) is 0 Å². The van der Waals surface area contributed by atoms with E-state index in [2.05, 4.69) is 4.98 Å². The van der Waals surface area contributed by atoms with Gasteiger partial charge in [-0.05, 0) is 18.2 Å². The molecule has 3 aromatic rings. The Morgan fingerprint density at radius 2 is 1.87 bits per heavy atom. The van der Waals surface area contributed by atoms with Crippen LogP contribution in [0, 0.1) is 11.6 Å². The van der Waals surface area contributed by atoms with Gasteiger partial charge in [0, 0.05) is 30.1 Å². The van der Waals surface area contributed by atoms with Crippen LogP contribution in [0.25, 0.3) is 5.65 Å². The molecule has 0 spiro atoms. The van der Waals surface area contributed by atoms with Crippen molar-refractivity contribution >= 4 is 5.65 Å². The number of pyridine rings is 1. The summed E-state index contributed by atoms with van der Waals surface area (Å²) in [6, 6.07) is 4.57. The third kappa shape index (κ3) is 3.10. The third-order valence-corrected chi connectivity index (χ3v) is 3.19. The molecule has 0 saturated heterocycles. The molecule has 0 radical (unpaired) electrons. The molecule has 3 rings (SSSR count). The smallest absolute Gasteiger partial charge is 0.416 e. The average Bonchev–Trinajstić information content (AvgIpc) is 2.93. The van der Waals surface area contributed by atoms with Crippen LogP contribution >= 0.6 is 0 Å². The van der Waals surface area contributed by atoms with Gasteiger partial charge < -0.3 is 4.74 Å². The maximum Gasteiger partial charge on any atom is 0.416 e. The number of nitrogens with zero attached hydrogens (tertiary/aromatic N) is 2. The lowest BCUT2D eigenvalue weighted by molar-refractivity contribution is -0.137. The van der Waals surface area contributed by atoms with Gasteiger partial charge in [-0.15, -0.1) is 0 Å². The molecule has 120 valence electrons. The van der Waals surface area contributed by atoms with E-state index in [4.69, 9.17) is 4.74 Å². The van der Waals surface area contributed by atoms with Crippen LogP contribution in [0.1, 0.15) is 11.1 Å². The van der Waals surface area contributed by atoms with Gasteiger partial charge >= 0.3 is 6.18 Å². The molecule has 8 heteroatoms. The molecule has 0 aliphatic heterocycles. The number of ether oxygens (including phenoxy) is 1. The first-order chi connectivity index (χ1) is 10.8. The summed E-state index contributed by atoms with van der Waals surface area (Å²) in [7, 11) is 0. The van der Waals surface area contributed by atoms with Crippen LogP contribution in [0.4, 0.5) is 22.0 Å². The lowest BCUT2D eigenvalue weighted by atomic mass is 10.2. The number of halogens is 5. The number of hydrogen-bond donors (Lipinski definition) is 0. The molecule has 0 fully saturated rings. The Bertz CT molecular complexity index is 857. The Balaban J connectivity index is 1.94. The van der Waals surface area contributed by atoms with Crippen molar-refractivity contribution in [2.45, 2.75) is 12.8 Å². The molecule has 0 N–H and O–H groups in total. The Kier molecular flexibility index (Phi) is 3.67. The fourth-order valence-corrected chi connectivity index (χ4v) is 2.06. The molecule has 3 nitrogen and oxygen atoms in total. The molecule has 2 heterocycles. The molecule has 0 bridgehead atoms. The van der Waals surface area contributed by atoms with Gasteiger partial charge in [0.2, 0.25) is 0 Å². The van der Waals surface area contributed by atoms with Crippen molar-refractivity contribution in [2.24, 2.45) is 0 Å². The van der Waals surface area contributed by atoms with E-state index in [9.17, 15) is 22.0 Å². The van der Waals surface area contributed by atoms with Crippen molar-refractivity contribution in [3.63, 3.8) is 0 Å². The van der Waals surface area contributed by atoms with Crippen LogP contribution in [0.5, 0.6) is 5.88 Å². The predicted octanol–water partition coefficient (Wildman–Crippen LogP) is 4.21. The first kappa shape index (κ1) is 15.3. The number of hydrogen-bond acceptors (Lipinski definition) is 2. The molecule has 0 aliphatic rings. The van der Waals surface area contributed by atoms with E-state index in [1.165, 1.54) is 22.9 Å². The highest BCUT2D eigenvalue weighted by Gasteiger charge is 2.32. The molecule has 2 aromatic heterocycles. The van der Waals surface area contributed by atoms with Crippen LogP contribution < -0.4 is 4.74 Å². The fourth-order valence-electron chi connectivity index (χ4n) is 2.06. The van der Waals surface area contributed by atoms with Crippen molar-refractivity contribution in [3.8, 4) is 5.88 Å². The predicted molar refractivity (Wildman–Crippen MR) is 70.9 cm³/mol. The van der Waals surface area contributed by atoms with E-state index in [1.807, 2.05) is 0 Å². The monoisotopic (exact) mass is 328 g/mol. The second-order valence-electron chi connectivity index (χ2n) is 4.76. The summed E-state index contributed by atoms with van der Waals surface area (Å²) in [5.74, 6) is -1.72. The fraction of sp³-hybridized carbons (Fsp3) is 0.133. The number of benzene rings is 1. The highest BCUT2D eigenvalue weighted by molar-refractivity contribution is 5.46. The van der Waals surface area contributed by atoms with Gasteiger partial charge in [0.15, 0.2) is 5.88 Å². The van der Waals surface area contributed by atoms with Crippen molar-refractivity contribution in [1.29, 1.82) is 0 Å². The van der Waals surface area contributed by atoms with Gasteiger partial charge in [-0.25, -0.2) is 13.8 Å². The molecule has 0 unspecified atom stereocenters. The molecule has 0 atom stereocenters. The minimum absolute atomic E-state index is 0.0251. The molecular formula is C15H9F5N2O. The Hall–Kier alpha value is -2.64. The minimum atomic E-state index is -4.56. The first-order valence-corrected chi connectivity index (χ1v) is 6.45. The zero-order chi connectivity index (χ0) is 16.6. The van der Waals surface area contributed by atoms with Crippen LogP contribution in [0.3, 0.4) is 0 Å². The quantitative estimate of drug-likeness (QED) is 0.673. The topological polar surface area (TPSA) is 26.5 Å². The maximum atomic E-state index is 13.6. The Morgan fingerprint density at radius 1 is 1.09 bits per heavy atom. The normalized spacial score (nSPS) is 11.9. The van der Waals surface area contributed by atoms with Crippen LogP contribution in [-0.2, 0) is 12.8 Å².